The minimum atomic E-state index is -0.417. The van der Waals surface area contributed by atoms with E-state index in [4.69, 9.17) is 61.6 Å². The molecular formula is C44H67NO15. The van der Waals surface area contributed by atoms with Gasteiger partial charge in [0.1, 0.15) is 13.2 Å². The van der Waals surface area contributed by atoms with E-state index in [1.54, 1.807) is 14.0 Å². The van der Waals surface area contributed by atoms with Crippen molar-refractivity contribution < 1.29 is 71.2 Å². The lowest BCUT2D eigenvalue weighted by Crippen LogP contribution is -2.32. The Labute approximate surface area is 355 Å². The molecule has 0 N–H and O–H groups in total. The molecule has 0 fully saturated rings. The number of ether oxygens (including phenoxy) is 13. The highest BCUT2D eigenvalue weighted by Gasteiger charge is 2.29. The van der Waals surface area contributed by atoms with Crippen LogP contribution in [0.5, 0.6) is 0 Å². The van der Waals surface area contributed by atoms with E-state index in [-0.39, 0.29) is 18.6 Å². The van der Waals surface area contributed by atoms with Crippen LogP contribution in [0.1, 0.15) is 24.0 Å². The second-order valence-corrected chi connectivity index (χ2v) is 13.4. The molecule has 2 aromatic rings. The molecule has 2 aromatic carbocycles. The Balaban J connectivity index is 0.946. The van der Waals surface area contributed by atoms with Crippen LogP contribution in [-0.4, -0.2) is 189 Å². The summed E-state index contributed by atoms with van der Waals surface area (Å²) in [6.45, 7) is 16.0. The third-order valence-corrected chi connectivity index (χ3v) is 8.75. The van der Waals surface area contributed by atoms with Crippen LogP contribution < -0.4 is 0 Å². The highest BCUT2D eigenvalue weighted by atomic mass is 16.6. The maximum absolute atomic E-state index is 12.6. The normalized spacial score (nSPS) is 12.0. The number of rotatable bonds is 39. The second-order valence-electron chi connectivity index (χ2n) is 13.4. The summed E-state index contributed by atoms with van der Waals surface area (Å²) in [6, 6.07) is 16.6. The van der Waals surface area contributed by atoms with Crippen molar-refractivity contribution in [2.75, 3.05) is 172 Å². The van der Waals surface area contributed by atoms with Crippen molar-refractivity contribution in [1.82, 2.24) is 4.90 Å². The lowest BCUT2D eigenvalue weighted by molar-refractivity contribution is -0.140. The number of carbonyl (C=O) groups excluding carboxylic acids is 2. The van der Waals surface area contributed by atoms with E-state index < -0.39 is 5.97 Å². The summed E-state index contributed by atoms with van der Waals surface area (Å²) in [6.07, 6.45) is -0.369. The Morgan fingerprint density at radius 3 is 1.10 bits per heavy atom. The molecule has 0 aromatic heterocycles. The summed E-state index contributed by atoms with van der Waals surface area (Å²) in [5.41, 5.74) is 5.15. The van der Waals surface area contributed by atoms with E-state index in [0.29, 0.717) is 164 Å². The maximum Gasteiger partial charge on any atom is 0.409 e. The fourth-order valence-electron chi connectivity index (χ4n) is 5.61. The first-order chi connectivity index (χ1) is 29.5. The third kappa shape index (κ3) is 22.9. The molecule has 338 valence electrons. The van der Waals surface area contributed by atoms with E-state index in [2.05, 4.69) is 30.8 Å². The molecule has 0 unspecified atom stereocenters. The van der Waals surface area contributed by atoms with Crippen molar-refractivity contribution in [2.45, 2.75) is 12.8 Å². The number of benzene rings is 2. The predicted molar refractivity (Wildman–Crippen MR) is 222 cm³/mol. The number of likely N-dealkylation sites (N-methyl/N-ethyl adjacent to an activating group) is 1. The van der Waals surface area contributed by atoms with Crippen molar-refractivity contribution in [3.63, 3.8) is 0 Å². The van der Waals surface area contributed by atoms with E-state index in [1.165, 1.54) is 27.2 Å². The largest absolute Gasteiger partial charge is 0.460 e. The molecule has 1 aliphatic rings. The Morgan fingerprint density at radius 2 is 0.767 bits per heavy atom. The van der Waals surface area contributed by atoms with Crippen LogP contribution in [0.15, 0.2) is 60.7 Å². The van der Waals surface area contributed by atoms with Gasteiger partial charge in [0.2, 0.25) is 0 Å². The lowest BCUT2D eigenvalue weighted by Gasteiger charge is -2.19. The van der Waals surface area contributed by atoms with Crippen LogP contribution in [0.2, 0.25) is 0 Å². The molecule has 0 atom stereocenters. The number of esters is 1. The SMILES string of the molecule is C=C(C)C(=O)OCCOCCOCCOCCOCCOCCOCCOCCOCCOCCOCCOCCN(C)C(=O)OCC1c2ccccc2-c2ccccc21. The van der Waals surface area contributed by atoms with Crippen LogP contribution in [-0.2, 0) is 66.4 Å². The van der Waals surface area contributed by atoms with Crippen LogP contribution in [0, 0.1) is 0 Å². The van der Waals surface area contributed by atoms with Crippen LogP contribution in [0.4, 0.5) is 4.79 Å². The molecule has 0 heterocycles. The molecule has 16 nitrogen and oxygen atoms in total. The molecule has 1 aliphatic carbocycles. The lowest BCUT2D eigenvalue weighted by atomic mass is 9.98. The topological polar surface area (TPSA) is 157 Å². The van der Waals surface area contributed by atoms with Crippen molar-refractivity contribution in [3.8, 4) is 11.1 Å². The molecule has 60 heavy (non-hydrogen) atoms. The van der Waals surface area contributed by atoms with E-state index in [9.17, 15) is 9.59 Å². The molecule has 3 rings (SSSR count). The zero-order chi connectivity index (χ0) is 42.7. The molecule has 1 amide bonds. The zero-order valence-corrected chi connectivity index (χ0v) is 35.7. The zero-order valence-electron chi connectivity index (χ0n) is 35.7. The summed E-state index contributed by atoms with van der Waals surface area (Å²) in [5, 5.41) is 0. The molecule has 0 saturated carbocycles. The number of nitrogens with zero attached hydrogens (tertiary/aromatic N) is 1. The first-order valence-electron chi connectivity index (χ1n) is 20.7. The summed E-state index contributed by atoms with van der Waals surface area (Å²) < 4.78 is 71.0. The first-order valence-corrected chi connectivity index (χ1v) is 20.7. The Hall–Kier alpha value is -3.52. The third-order valence-electron chi connectivity index (χ3n) is 8.75. The molecule has 0 aliphatic heterocycles. The van der Waals surface area contributed by atoms with Gasteiger partial charge in [-0.15, -0.1) is 0 Å². The van der Waals surface area contributed by atoms with Gasteiger partial charge in [-0.1, -0.05) is 55.1 Å². The van der Waals surface area contributed by atoms with Gasteiger partial charge in [-0.3, -0.25) is 0 Å². The van der Waals surface area contributed by atoms with E-state index >= 15 is 0 Å². The number of carbonyl (C=O) groups is 2. The summed E-state index contributed by atoms with van der Waals surface area (Å²) in [4.78, 5) is 25.4. The van der Waals surface area contributed by atoms with Gasteiger partial charge in [-0.05, 0) is 29.2 Å². The van der Waals surface area contributed by atoms with Crippen molar-refractivity contribution >= 4 is 12.1 Å². The van der Waals surface area contributed by atoms with Gasteiger partial charge in [-0.2, -0.15) is 0 Å². The molecular weight excluding hydrogens is 782 g/mol. The Kier molecular flexibility index (Phi) is 28.9. The fourth-order valence-corrected chi connectivity index (χ4v) is 5.61. The van der Waals surface area contributed by atoms with Crippen LogP contribution in [0.3, 0.4) is 0 Å². The van der Waals surface area contributed by atoms with Gasteiger partial charge < -0.3 is 66.5 Å². The van der Waals surface area contributed by atoms with Crippen LogP contribution >= 0.6 is 0 Å². The number of fused-ring (bicyclic) bond motifs is 3. The molecule has 16 heteroatoms. The summed E-state index contributed by atoms with van der Waals surface area (Å²) in [5.74, 6) is -0.384. The van der Waals surface area contributed by atoms with Gasteiger partial charge in [0.15, 0.2) is 0 Å². The van der Waals surface area contributed by atoms with Gasteiger partial charge in [0, 0.05) is 25.1 Å². The Bertz CT molecular complexity index is 1380. The molecule has 0 saturated heterocycles. The highest BCUT2D eigenvalue weighted by Crippen LogP contribution is 2.44. The second kappa shape index (κ2) is 34.1. The molecule has 0 bridgehead atoms. The van der Waals surface area contributed by atoms with Crippen LogP contribution in [0.25, 0.3) is 11.1 Å². The molecule has 0 spiro atoms. The number of hydrogen-bond acceptors (Lipinski definition) is 15. The van der Waals surface area contributed by atoms with Gasteiger partial charge in [-0.25, -0.2) is 9.59 Å². The standard InChI is InChI=1S/C44H67NO15/c1-37(2)43(46)59-35-34-58-33-32-57-31-30-56-29-28-55-27-26-54-25-24-53-23-22-52-21-20-51-19-18-50-17-16-49-15-14-48-13-12-45(3)44(47)60-36-42-40-10-6-4-8-38(40)39-9-5-7-11-41(39)42/h4-11,42H,1,12-36H2,2-3H3. The molecule has 0 radical (unpaired) electrons. The smallest absolute Gasteiger partial charge is 0.409 e. The number of hydrogen-bond donors (Lipinski definition) is 0. The van der Waals surface area contributed by atoms with Gasteiger partial charge >= 0.3 is 12.1 Å². The van der Waals surface area contributed by atoms with Gasteiger partial charge in [0.05, 0.1) is 145 Å². The monoisotopic (exact) mass is 849 g/mol. The fraction of sp³-hybridized carbons (Fsp3) is 0.636. The highest BCUT2D eigenvalue weighted by molar-refractivity contribution is 5.86. The quantitative estimate of drug-likeness (QED) is 0.0536. The van der Waals surface area contributed by atoms with Crippen molar-refractivity contribution in [1.29, 1.82) is 0 Å². The van der Waals surface area contributed by atoms with Gasteiger partial charge in [0.25, 0.3) is 0 Å². The summed E-state index contributed by atoms with van der Waals surface area (Å²) >= 11 is 0. The van der Waals surface area contributed by atoms with E-state index in [1.807, 2.05) is 24.3 Å². The maximum atomic E-state index is 12.6. The number of amides is 1. The minimum Gasteiger partial charge on any atom is -0.460 e. The summed E-state index contributed by atoms with van der Waals surface area (Å²) in [7, 11) is 1.71. The minimum absolute atomic E-state index is 0.0333. The average molecular weight is 850 g/mol. The van der Waals surface area contributed by atoms with Crippen molar-refractivity contribution in [3.05, 3.63) is 71.8 Å². The predicted octanol–water partition coefficient (Wildman–Crippen LogP) is 4.17. The average Bonchev–Trinajstić information content (AvgIpc) is 3.58. The Morgan fingerprint density at radius 1 is 0.467 bits per heavy atom. The van der Waals surface area contributed by atoms with E-state index in [0.717, 1.165) is 0 Å². The first kappa shape index (κ1) is 50.8. The van der Waals surface area contributed by atoms with Crippen molar-refractivity contribution in [2.24, 2.45) is 0 Å².